The Kier molecular flexibility index (Phi) is 5.42. The zero-order chi connectivity index (χ0) is 20.4. The fourth-order valence-electron chi connectivity index (χ4n) is 3.14. The fraction of sp³-hybridized carbons (Fsp3) is 0.300. The molecule has 0 bridgehead atoms. The normalized spacial score (nSPS) is 14.9. The quantitative estimate of drug-likeness (QED) is 0.664. The van der Waals surface area contributed by atoms with Crippen LogP contribution in [0.5, 0.6) is 5.75 Å². The number of alkyl halides is 3. The lowest BCUT2D eigenvalue weighted by molar-refractivity contribution is -0.138. The van der Waals surface area contributed by atoms with Crippen LogP contribution in [0.4, 0.5) is 18.3 Å². The zero-order valence-corrected chi connectivity index (χ0v) is 16.1. The molecule has 2 heterocycles. The summed E-state index contributed by atoms with van der Waals surface area (Å²) in [7, 11) is 0. The predicted molar refractivity (Wildman–Crippen MR) is 105 cm³/mol. The third-order valence-corrected chi connectivity index (χ3v) is 5.57. The van der Waals surface area contributed by atoms with Gasteiger partial charge in [-0.15, -0.1) is 0 Å². The maximum absolute atomic E-state index is 12.6. The molecule has 4 rings (SSSR count). The molecule has 9 heteroatoms. The van der Waals surface area contributed by atoms with E-state index in [1.807, 2.05) is 24.3 Å². The maximum atomic E-state index is 12.6. The Bertz CT molecular complexity index is 1000. The summed E-state index contributed by atoms with van der Waals surface area (Å²) in [5.74, 6) is 0.213. The van der Waals surface area contributed by atoms with Crippen LogP contribution in [-0.4, -0.2) is 41.7 Å². The van der Waals surface area contributed by atoms with Gasteiger partial charge in [0, 0.05) is 30.8 Å². The number of carbonyl (C=O) groups excluding carboxylic acids is 1. The van der Waals surface area contributed by atoms with E-state index < -0.39 is 12.6 Å². The fourth-order valence-corrected chi connectivity index (χ4v) is 4.00. The highest BCUT2D eigenvalue weighted by atomic mass is 32.1. The van der Waals surface area contributed by atoms with Crippen LogP contribution >= 0.6 is 11.3 Å². The molecule has 0 radical (unpaired) electrons. The predicted octanol–water partition coefficient (Wildman–Crippen LogP) is 4.70. The summed E-state index contributed by atoms with van der Waals surface area (Å²) in [5, 5.41) is 3.30. The lowest BCUT2D eigenvalue weighted by Gasteiger charge is -2.20. The lowest BCUT2D eigenvalue weighted by atomic mass is 10.1. The summed E-state index contributed by atoms with van der Waals surface area (Å²) in [6, 6.07) is 12.6. The molecule has 1 amide bonds. The number of thiazole rings is 1. The number of halogens is 3. The highest BCUT2D eigenvalue weighted by molar-refractivity contribution is 7.22. The Hall–Kier alpha value is -2.65. The summed E-state index contributed by atoms with van der Waals surface area (Å²) in [6.45, 7) is 0.948. The number of nitrogens with one attached hydrogen (secondary N) is 1. The van der Waals surface area contributed by atoms with Gasteiger partial charge in [-0.05, 0) is 24.3 Å². The van der Waals surface area contributed by atoms with Gasteiger partial charge in [0.25, 0.3) is 5.91 Å². The van der Waals surface area contributed by atoms with E-state index in [9.17, 15) is 18.0 Å². The first-order chi connectivity index (χ1) is 13.9. The molecule has 2 aromatic carbocycles. The number of amides is 1. The van der Waals surface area contributed by atoms with Crippen molar-refractivity contribution in [2.45, 2.75) is 19.1 Å². The van der Waals surface area contributed by atoms with E-state index in [0.717, 1.165) is 15.8 Å². The van der Waals surface area contributed by atoms with Gasteiger partial charge in [0.15, 0.2) is 5.13 Å². The average Bonchev–Trinajstić information content (AvgIpc) is 2.96. The maximum Gasteiger partial charge on any atom is 0.390 e. The van der Waals surface area contributed by atoms with Crippen molar-refractivity contribution in [1.82, 2.24) is 9.88 Å². The van der Waals surface area contributed by atoms with Crippen LogP contribution in [0, 0.1) is 0 Å². The van der Waals surface area contributed by atoms with Gasteiger partial charge in [0.05, 0.1) is 16.6 Å². The Morgan fingerprint density at radius 3 is 2.86 bits per heavy atom. The van der Waals surface area contributed by atoms with Gasteiger partial charge in [0.2, 0.25) is 0 Å². The largest absolute Gasteiger partial charge is 0.492 e. The van der Waals surface area contributed by atoms with Gasteiger partial charge in [-0.25, -0.2) is 4.98 Å². The van der Waals surface area contributed by atoms with Crippen LogP contribution in [0.15, 0.2) is 42.5 Å². The first kappa shape index (κ1) is 19.7. The summed E-state index contributed by atoms with van der Waals surface area (Å²) in [4.78, 5) is 18.7. The molecule has 0 spiro atoms. The molecule has 1 N–H and O–H groups in total. The Balaban J connectivity index is 1.46. The minimum absolute atomic E-state index is 0.0772. The van der Waals surface area contributed by atoms with E-state index in [0.29, 0.717) is 29.5 Å². The summed E-state index contributed by atoms with van der Waals surface area (Å²) < 4.78 is 44.1. The topological polar surface area (TPSA) is 54.5 Å². The van der Waals surface area contributed by atoms with Crippen molar-refractivity contribution in [3.63, 3.8) is 0 Å². The number of benzene rings is 2. The number of nitrogens with zero attached hydrogens (tertiary/aromatic N) is 2. The monoisotopic (exact) mass is 421 g/mol. The molecule has 0 atom stereocenters. The second-order valence-corrected chi connectivity index (χ2v) is 7.78. The van der Waals surface area contributed by atoms with Gasteiger partial charge in [-0.1, -0.05) is 29.5 Å². The van der Waals surface area contributed by atoms with Crippen molar-refractivity contribution in [3.05, 3.63) is 53.6 Å². The number of aromatic nitrogens is 1. The van der Waals surface area contributed by atoms with Crippen molar-refractivity contribution < 1.29 is 22.7 Å². The lowest BCUT2D eigenvalue weighted by Crippen LogP contribution is -2.29. The van der Waals surface area contributed by atoms with Gasteiger partial charge in [-0.3, -0.25) is 15.0 Å². The SMILES string of the molecule is O=C(Nc1nc2ccccc2s1)c1ccc2c(c1)OCCN(CCC(F)(F)F)C2. The summed E-state index contributed by atoms with van der Waals surface area (Å²) in [5.41, 5.74) is 1.99. The Morgan fingerprint density at radius 1 is 1.24 bits per heavy atom. The highest BCUT2D eigenvalue weighted by Crippen LogP contribution is 2.28. The smallest absolute Gasteiger partial charge is 0.390 e. The Labute approximate surface area is 169 Å². The minimum Gasteiger partial charge on any atom is -0.492 e. The summed E-state index contributed by atoms with van der Waals surface area (Å²) in [6.07, 6.45) is -5.04. The van der Waals surface area contributed by atoms with Crippen molar-refractivity contribution in [1.29, 1.82) is 0 Å². The van der Waals surface area contributed by atoms with Crippen molar-refractivity contribution in [3.8, 4) is 5.75 Å². The van der Waals surface area contributed by atoms with E-state index >= 15 is 0 Å². The van der Waals surface area contributed by atoms with Crippen LogP contribution in [0.3, 0.4) is 0 Å². The van der Waals surface area contributed by atoms with Crippen LogP contribution in [-0.2, 0) is 6.54 Å². The van der Waals surface area contributed by atoms with Crippen molar-refractivity contribution >= 4 is 32.6 Å². The molecule has 3 aromatic rings. The number of hydrogen-bond acceptors (Lipinski definition) is 5. The van der Waals surface area contributed by atoms with Crippen LogP contribution < -0.4 is 10.1 Å². The van der Waals surface area contributed by atoms with Crippen LogP contribution in [0.2, 0.25) is 0 Å². The number of ether oxygens (including phenoxy) is 1. The first-order valence-corrected chi connectivity index (χ1v) is 9.91. The third-order valence-electron chi connectivity index (χ3n) is 4.61. The van der Waals surface area contributed by atoms with Crippen molar-refractivity contribution in [2.24, 2.45) is 0 Å². The second-order valence-electron chi connectivity index (χ2n) is 6.75. The van der Waals surface area contributed by atoms with E-state index in [-0.39, 0.29) is 19.1 Å². The summed E-state index contributed by atoms with van der Waals surface area (Å²) >= 11 is 1.39. The van der Waals surface area contributed by atoms with E-state index in [2.05, 4.69) is 10.3 Å². The molecule has 29 heavy (non-hydrogen) atoms. The number of rotatable bonds is 4. The van der Waals surface area contributed by atoms with Gasteiger partial charge in [0.1, 0.15) is 12.4 Å². The third kappa shape index (κ3) is 4.86. The van der Waals surface area contributed by atoms with E-state index in [1.54, 1.807) is 23.1 Å². The molecule has 0 fully saturated rings. The van der Waals surface area contributed by atoms with Crippen molar-refractivity contribution in [2.75, 3.05) is 25.0 Å². The molecule has 0 aliphatic carbocycles. The molecule has 1 aliphatic heterocycles. The molecule has 1 aromatic heterocycles. The second kappa shape index (κ2) is 8.00. The molecule has 5 nitrogen and oxygen atoms in total. The standard InChI is InChI=1S/C20H18F3N3O2S/c21-20(22,23)7-8-26-9-10-28-16-11-13(5-6-14(16)12-26)18(27)25-19-24-15-3-1-2-4-17(15)29-19/h1-6,11H,7-10,12H2,(H,24,25,27). The van der Waals surface area contributed by atoms with Crippen LogP contribution in [0.1, 0.15) is 22.3 Å². The number of carbonyl (C=O) groups is 1. The molecule has 0 unspecified atom stereocenters. The van der Waals surface area contributed by atoms with Gasteiger partial charge in [-0.2, -0.15) is 13.2 Å². The Morgan fingerprint density at radius 2 is 2.07 bits per heavy atom. The van der Waals surface area contributed by atoms with Gasteiger partial charge < -0.3 is 4.74 Å². The molecular weight excluding hydrogens is 403 g/mol. The number of fused-ring (bicyclic) bond motifs is 2. The van der Waals surface area contributed by atoms with Crippen LogP contribution in [0.25, 0.3) is 10.2 Å². The molecule has 0 saturated heterocycles. The van der Waals surface area contributed by atoms with E-state index in [1.165, 1.54) is 11.3 Å². The highest BCUT2D eigenvalue weighted by Gasteiger charge is 2.28. The minimum atomic E-state index is -4.18. The molecule has 1 aliphatic rings. The molecular formula is C20H18F3N3O2S. The molecule has 0 saturated carbocycles. The number of anilines is 1. The van der Waals surface area contributed by atoms with E-state index in [4.69, 9.17) is 4.74 Å². The first-order valence-electron chi connectivity index (χ1n) is 9.09. The molecule has 152 valence electrons. The zero-order valence-electron chi connectivity index (χ0n) is 15.3. The van der Waals surface area contributed by atoms with Gasteiger partial charge >= 0.3 is 6.18 Å². The number of hydrogen-bond donors (Lipinski definition) is 1. The number of para-hydroxylation sites is 1. The average molecular weight is 421 g/mol.